The minimum absolute atomic E-state index is 0.336. The molecule has 0 bridgehead atoms. The highest BCUT2D eigenvalue weighted by Crippen LogP contribution is 2.27. The molecule has 1 saturated heterocycles. The third-order valence-electron chi connectivity index (χ3n) is 2.79. The molecule has 0 aliphatic carbocycles. The molecule has 2 heteroatoms. The first-order valence-corrected chi connectivity index (χ1v) is 6.43. The summed E-state index contributed by atoms with van der Waals surface area (Å²) in [7, 11) is 0. The third kappa shape index (κ3) is 3.72. The van der Waals surface area contributed by atoms with Gasteiger partial charge in [-0.25, -0.2) is 0 Å². The molecule has 13 heavy (non-hydrogen) atoms. The summed E-state index contributed by atoms with van der Waals surface area (Å²) in [5.74, 6) is 2.27. The molecular formula is C11H20OS. The minimum atomic E-state index is 0.336. The van der Waals surface area contributed by atoms with E-state index in [9.17, 15) is 4.79 Å². The van der Waals surface area contributed by atoms with Crippen LogP contribution in [0.1, 0.15) is 46.0 Å². The van der Waals surface area contributed by atoms with Gasteiger partial charge in [-0.2, -0.15) is 11.8 Å². The topological polar surface area (TPSA) is 17.1 Å². The first-order chi connectivity index (χ1) is 6.24. The van der Waals surface area contributed by atoms with Gasteiger partial charge in [0.1, 0.15) is 5.78 Å². The lowest BCUT2D eigenvalue weighted by Gasteiger charge is -2.21. The molecule has 0 aromatic carbocycles. The van der Waals surface area contributed by atoms with Crippen molar-refractivity contribution in [1.29, 1.82) is 0 Å². The first-order valence-electron chi connectivity index (χ1n) is 5.38. The van der Waals surface area contributed by atoms with Crippen molar-refractivity contribution in [2.24, 2.45) is 5.92 Å². The van der Waals surface area contributed by atoms with Crippen molar-refractivity contribution >= 4 is 17.5 Å². The van der Waals surface area contributed by atoms with Gasteiger partial charge in [0, 0.05) is 6.42 Å². The van der Waals surface area contributed by atoms with Gasteiger partial charge in [0.05, 0.1) is 5.25 Å². The van der Waals surface area contributed by atoms with E-state index in [4.69, 9.17) is 0 Å². The zero-order valence-corrected chi connectivity index (χ0v) is 9.53. The van der Waals surface area contributed by atoms with Crippen LogP contribution in [0.15, 0.2) is 0 Å². The van der Waals surface area contributed by atoms with Crippen LogP contribution in [0.3, 0.4) is 0 Å². The van der Waals surface area contributed by atoms with Crippen molar-refractivity contribution in [2.75, 3.05) is 5.75 Å². The standard InChI is InChI=1S/C11H20OS/c1-3-9(2)8-10(12)11-6-4-5-7-13-11/h9,11H,3-8H2,1-2H3. The van der Waals surface area contributed by atoms with Crippen molar-refractivity contribution in [3.63, 3.8) is 0 Å². The molecule has 0 N–H and O–H groups in total. The van der Waals surface area contributed by atoms with E-state index in [-0.39, 0.29) is 0 Å². The Morgan fingerprint density at radius 3 is 2.85 bits per heavy atom. The maximum Gasteiger partial charge on any atom is 0.146 e. The Kier molecular flexibility index (Phi) is 4.86. The zero-order chi connectivity index (χ0) is 9.68. The lowest BCUT2D eigenvalue weighted by Crippen LogP contribution is -2.22. The predicted octanol–water partition coefficient (Wildman–Crippen LogP) is 3.28. The predicted molar refractivity (Wildman–Crippen MR) is 59.2 cm³/mol. The van der Waals surface area contributed by atoms with Gasteiger partial charge < -0.3 is 0 Å². The van der Waals surface area contributed by atoms with E-state index in [0.29, 0.717) is 17.0 Å². The van der Waals surface area contributed by atoms with Crippen LogP contribution in [0.2, 0.25) is 0 Å². The average molecular weight is 200 g/mol. The molecule has 0 radical (unpaired) electrons. The van der Waals surface area contributed by atoms with Crippen molar-refractivity contribution in [1.82, 2.24) is 0 Å². The van der Waals surface area contributed by atoms with Gasteiger partial charge in [0.25, 0.3) is 0 Å². The van der Waals surface area contributed by atoms with E-state index in [1.54, 1.807) is 0 Å². The summed E-state index contributed by atoms with van der Waals surface area (Å²) in [5, 5.41) is 0.336. The molecule has 0 aromatic rings. The van der Waals surface area contributed by atoms with Crippen molar-refractivity contribution in [2.45, 2.75) is 51.2 Å². The van der Waals surface area contributed by atoms with Crippen LogP contribution < -0.4 is 0 Å². The Labute approximate surface area is 85.7 Å². The zero-order valence-electron chi connectivity index (χ0n) is 8.71. The van der Waals surface area contributed by atoms with Crippen LogP contribution in [0.5, 0.6) is 0 Å². The van der Waals surface area contributed by atoms with E-state index in [1.165, 1.54) is 18.6 Å². The second-order valence-corrected chi connectivity index (χ2v) is 5.35. The number of hydrogen-bond acceptors (Lipinski definition) is 2. The summed E-state index contributed by atoms with van der Waals surface area (Å²) >= 11 is 1.87. The van der Waals surface area contributed by atoms with Crippen LogP contribution >= 0.6 is 11.8 Å². The first kappa shape index (κ1) is 11.1. The minimum Gasteiger partial charge on any atom is -0.298 e. The highest BCUT2D eigenvalue weighted by Gasteiger charge is 2.22. The maximum atomic E-state index is 11.7. The normalized spacial score (nSPS) is 25.5. The van der Waals surface area contributed by atoms with E-state index < -0.39 is 0 Å². The summed E-state index contributed by atoms with van der Waals surface area (Å²) in [4.78, 5) is 11.7. The molecule has 2 atom stereocenters. The molecule has 2 unspecified atom stereocenters. The number of carbonyl (C=O) groups is 1. The van der Waals surface area contributed by atoms with E-state index in [1.807, 2.05) is 11.8 Å². The number of thioether (sulfide) groups is 1. The van der Waals surface area contributed by atoms with Gasteiger partial charge in [-0.05, 0) is 24.5 Å². The highest BCUT2D eigenvalue weighted by molar-refractivity contribution is 8.00. The maximum absolute atomic E-state index is 11.7. The summed E-state index contributed by atoms with van der Waals surface area (Å²) < 4.78 is 0. The lowest BCUT2D eigenvalue weighted by molar-refractivity contribution is -0.119. The Hall–Kier alpha value is 0.0200. The van der Waals surface area contributed by atoms with Crippen molar-refractivity contribution in [3.8, 4) is 0 Å². The van der Waals surface area contributed by atoms with Crippen molar-refractivity contribution in [3.05, 3.63) is 0 Å². The fourth-order valence-corrected chi connectivity index (χ4v) is 2.88. The molecular weight excluding hydrogens is 180 g/mol. The smallest absolute Gasteiger partial charge is 0.146 e. The van der Waals surface area contributed by atoms with Crippen LogP contribution in [0.25, 0.3) is 0 Å². The quantitative estimate of drug-likeness (QED) is 0.693. The van der Waals surface area contributed by atoms with E-state index in [0.717, 1.165) is 19.3 Å². The fourth-order valence-electron chi connectivity index (χ4n) is 1.61. The molecule has 1 aliphatic rings. The summed E-state index contributed by atoms with van der Waals surface area (Å²) in [6.45, 7) is 4.33. The van der Waals surface area contributed by atoms with Crippen LogP contribution in [0.4, 0.5) is 0 Å². The van der Waals surface area contributed by atoms with Gasteiger partial charge in [0.15, 0.2) is 0 Å². The SMILES string of the molecule is CCC(C)CC(=O)C1CCCCS1. The molecule has 0 saturated carbocycles. The van der Waals surface area contributed by atoms with Crippen LogP contribution in [-0.2, 0) is 4.79 Å². The molecule has 1 fully saturated rings. The number of Topliss-reactive ketones (excluding diaryl/α,β-unsaturated/α-hetero) is 1. The van der Waals surface area contributed by atoms with Crippen molar-refractivity contribution < 1.29 is 4.79 Å². The molecule has 1 heterocycles. The van der Waals surface area contributed by atoms with Gasteiger partial charge in [-0.3, -0.25) is 4.79 Å². The second-order valence-electron chi connectivity index (χ2n) is 4.04. The van der Waals surface area contributed by atoms with Gasteiger partial charge >= 0.3 is 0 Å². The van der Waals surface area contributed by atoms with Crippen LogP contribution in [-0.4, -0.2) is 16.8 Å². The largest absolute Gasteiger partial charge is 0.298 e. The van der Waals surface area contributed by atoms with E-state index in [2.05, 4.69) is 13.8 Å². The van der Waals surface area contributed by atoms with Crippen LogP contribution in [0, 0.1) is 5.92 Å². The van der Waals surface area contributed by atoms with Gasteiger partial charge in [-0.1, -0.05) is 26.7 Å². The van der Waals surface area contributed by atoms with E-state index >= 15 is 0 Å². The summed E-state index contributed by atoms with van der Waals surface area (Å²) in [5.41, 5.74) is 0. The number of carbonyl (C=O) groups excluding carboxylic acids is 1. The Morgan fingerprint density at radius 2 is 2.31 bits per heavy atom. The number of ketones is 1. The molecule has 76 valence electrons. The second kappa shape index (κ2) is 5.69. The molecule has 0 aromatic heterocycles. The van der Waals surface area contributed by atoms with Gasteiger partial charge in [0.2, 0.25) is 0 Å². The Bertz CT molecular complexity index is 161. The number of hydrogen-bond donors (Lipinski definition) is 0. The summed E-state index contributed by atoms with van der Waals surface area (Å²) in [6, 6.07) is 0. The molecule has 0 amide bonds. The fraction of sp³-hybridized carbons (Fsp3) is 0.909. The molecule has 1 aliphatic heterocycles. The highest BCUT2D eigenvalue weighted by atomic mass is 32.2. The Morgan fingerprint density at radius 1 is 1.54 bits per heavy atom. The molecule has 1 nitrogen and oxygen atoms in total. The monoisotopic (exact) mass is 200 g/mol. The molecule has 1 rings (SSSR count). The number of rotatable bonds is 4. The average Bonchev–Trinajstić information content (AvgIpc) is 2.19. The molecule has 0 spiro atoms. The lowest BCUT2D eigenvalue weighted by atomic mass is 9.98. The summed E-state index contributed by atoms with van der Waals surface area (Å²) in [6.07, 6.45) is 5.61. The Balaban J connectivity index is 2.29. The van der Waals surface area contributed by atoms with Gasteiger partial charge in [-0.15, -0.1) is 0 Å². The third-order valence-corrected chi connectivity index (χ3v) is 4.21.